The molecule has 7 heavy (non-hydrogen) atoms. The van der Waals surface area contributed by atoms with Crippen LogP contribution in [0.1, 0.15) is 0 Å². The molecule has 6 nitrogen and oxygen atoms in total. The average Bonchev–Trinajstić information content (AvgIpc) is 1.33. The minimum atomic E-state index is -3.13. The molecular formula is H4O6Si. The van der Waals surface area contributed by atoms with Crippen LogP contribution >= 0.6 is 0 Å². The van der Waals surface area contributed by atoms with Gasteiger partial charge in [0, 0.05) is 0 Å². The van der Waals surface area contributed by atoms with Crippen molar-refractivity contribution >= 4 is 9.17 Å². The summed E-state index contributed by atoms with van der Waals surface area (Å²) < 4.78 is 8.74. The molecule has 0 aliphatic heterocycles. The second-order valence-corrected chi connectivity index (χ2v) is 0.929. The maximum Gasteiger partial charge on any atom is 0.761 e. The smallest absolute Gasteiger partial charge is 0.511 e. The topological polar surface area (TPSA) is 107 Å². The summed E-state index contributed by atoms with van der Waals surface area (Å²) in [6, 6.07) is 0. The Morgan fingerprint density at radius 2 is 1.29 bits per heavy atom. The van der Waals surface area contributed by atoms with Crippen molar-refractivity contribution in [3.05, 3.63) is 0 Å². The van der Waals surface area contributed by atoms with E-state index in [0.29, 0.717) is 0 Å². The summed E-state index contributed by atoms with van der Waals surface area (Å²) in [5, 5.41) is 15.5. The van der Waals surface area contributed by atoms with E-state index in [4.69, 9.17) is 24.6 Å². The van der Waals surface area contributed by atoms with Crippen LogP contribution in [0.2, 0.25) is 0 Å². The maximum atomic E-state index is 8.74. The standard InChI is InChI=1S/H2O3Si.H2O3/c1-4(2)3;1-3-2/h1-2H;1-2H. The van der Waals surface area contributed by atoms with Crippen molar-refractivity contribution in [1.82, 2.24) is 0 Å². The fourth-order valence-electron chi connectivity index (χ4n) is 0. The van der Waals surface area contributed by atoms with Crippen molar-refractivity contribution in [3.63, 3.8) is 0 Å². The first-order valence-corrected chi connectivity index (χ1v) is 2.32. The van der Waals surface area contributed by atoms with Crippen LogP contribution in [0, 0.1) is 0 Å². The largest absolute Gasteiger partial charge is 0.761 e. The molecule has 0 atom stereocenters. The molecule has 0 radical (unpaired) electrons. The van der Waals surface area contributed by atoms with Gasteiger partial charge in [-0.1, -0.05) is 5.04 Å². The highest BCUT2D eigenvalue weighted by Gasteiger charge is 1.85. The molecule has 0 aromatic heterocycles. The van der Waals surface area contributed by atoms with E-state index in [1.54, 1.807) is 0 Å². The second kappa shape index (κ2) is 9.09. The molecule has 0 aromatic carbocycles. The first-order chi connectivity index (χ1) is 3.15. The van der Waals surface area contributed by atoms with Crippen LogP contribution < -0.4 is 0 Å². The van der Waals surface area contributed by atoms with Crippen LogP contribution in [0.4, 0.5) is 0 Å². The van der Waals surface area contributed by atoms with Gasteiger partial charge in [0.25, 0.3) is 0 Å². The van der Waals surface area contributed by atoms with Gasteiger partial charge in [-0.15, -0.1) is 0 Å². The molecule has 0 aliphatic rings. The Labute approximate surface area is 40.0 Å². The minimum absolute atomic E-state index is 2.25. The summed E-state index contributed by atoms with van der Waals surface area (Å²) in [5.41, 5.74) is 0. The summed E-state index contributed by atoms with van der Waals surface area (Å²) >= 11 is 0. The lowest BCUT2D eigenvalue weighted by Crippen LogP contribution is -1.90. The highest BCUT2D eigenvalue weighted by atomic mass is 28.3. The number of rotatable bonds is 0. The molecule has 44 valence electrons. The summed E-state index contributed by atoms with van der Waals surface area (Å²) in [7, 11) is -3.13. The zero-order valence-electron chi connectivity index (χ0n) is 3.11. The van der Waals surface area contributed by atoms with E-state index >= 15 is 0 Å². The Hall–Kier alpha value is -0.503. The highest BCUT2D eigenvalue weighted by Crippen LogP contribution is 1.27. The Kier molecular flexibility index (Phi) is 12.6. The van der Waals surface area contributed by atoms with E-state index in [0.717, 1.165) is 0 Å². The van der Waals surface area contributed by atoms with Gasteiger partial charge >= 0.3 is 9.17 Å². The molecule has 0 rings (SSSR count). The van der Waals surface area contributed by atoms with Gasteiger partial charge in [0.05, 0.1) is 0 Å². The lowest BCUT2D eigenvalue weighted by Gasteiger charge is -1.56. The summed E-state index contributed by atoms with van der Waals surface area (Å²) in [6.07, 6.45) is 0. The van der Waals surface area contributed by atoms with Crippen LogP contribution in [-0.4, -0.2) is 29.3 Å². The average molecular weight is 128 g/mol. The van der Waals surface area contributed by atoms with Gasteiger partial charge in [0.1, 0.15) is 0 Å². The third-order valence-corrected chi connectivity index (χ3v) is 0. The summed E-state index contributed by atoms with van der Waals surface area (Å²) in [6.45, 7) is 0. The van der Waals surface area contributed by atoms with Crippen molar-refractivity contribution in [3.8, 4) is 0 Å². The van der Waals surface area contributed by atoms with E-state index in [1.807, 2.05) is 0 Å². The number of hydrogen-bond acceptors (Lipinski definition) is 4. The number of hydrogen-bond donors (Lipinski definition) is 4. The molecule has 0 saturated heterocycles. The molecule has 0 saturated carbocycles. The zero-order valence-corrected chi connectivity index (χ0v) is 4.11. The molecule has 0 aliphatic carbocycles. The second-order valence-electron chi connectivity index (χ2n) is 0.364. The monoisotopic (exact) mass is 128 g/mol. The fraction of sp³-hybridized carbons (Fsp3) is 0. The molecule has 7 heteroatoms. The fourth-order valence-corrected chi connectivity index (χ4v) is 0. The van der Waals surface area contributed by atoms with Gasteiger partial charge in [-0.25, -0.2) is 10.5 Å². The molecule has 4 N–H and O–H groups in total. The van der Waals surface area contributed by atoms with Crippen LogP contribution in [-0.2, 0) is 9.50 Å². The van der Waals surface area contributed by atoms with Crippen molar-refractivity contribution in [2.75, 3.05) is 0 Å². The van der Waals surface area contributed by atoms with Gasteiger partial charge in [0.15, 0.2) is 0 Å². The Morgan fingerprint density at radius 1 is 1.29 bits per heavy atom. The van der Waals surface area contributed by atoms with Crippen LogP contribution in [0.25, 0.3) is 0 Å². The van der Waals surface area contributed by atoms with Crippen LogP contribution in [0.15, 0.2) is 0 Å². The molecule has 0 heterocycles. The van der Waals surface area contributed by atoms with E-state index in [1.165, 1.54) is 0 Å². The van der Waals surface area contributed by atoms with Crippen molar-refractivity contribution in [2.24, 2.45) is 0 Å². The molecular weight excluding hydrogens is 124 g/mol. The summed E-state index contributed by atoms with van der Waals surface area (Å²) in [4.78, 5) is 14.3. The van der Waals surface area contributed by atoms with Gasteiger partial charge < -0.3 is 9.59 Å². The Morgan fingerprint density at radius 3 is 1.29 bits per heavy atom. The SMILES string of the molecule is O=[Si](O)O.OOO. The Bertz CT molecular complexity index is 35.4. The molecule has 0 fully saturated rings. The van der Waals surface area contributed by atoms with Crippen LogP contribution in [0.5, 0.6) is 0 Å². The lowest BCUT2D eigenvalue weighted by molar-refractivity contribution is -0.465. The van der Waals surface area contributed by atoms with Gasteiger partial charge in [-0.05, 0) is 0 Å². The summed E-state index contributed by atoms with van der Waals surface area (Å²) in [5.74, 6) is 0. The zero-order chi connectivity index (χ0) is 6.28. The predicted molar refractivity (Wildman–Crippen MR) is 17.2 cm³/mol. The van der Waals surface area contributed by atoms with Gasteiger partial charge in [-0.2, -0.15) is 0 Å². The molecule has 0 unspecified atom stereocenters. The first-order valence-electron chi connectivity index (χ1n) is 1.02. The van der Waals surface area contributed by atoms with Gasteiger partial charge in [0.2, 0.25) is 0 Å². The highest BCUT2D eigenvalue weighted by molar-refractivity contribution is 6.22. The Balaban J connectivity index is 0. The maximum absolute atomic E-state index is 8.74. The first kappa shape index (κ1) is 9.71. The van der Waals surface area contributed by atoms with Gasteiger partial charge in [-0.3, -0.25) is 4.46 Å². The molecule has 0 spiro atoms. The lowest BCUT2D eigenvalue weighted by atomic mass is 14.6. The van der Waals surface area contributed by atoms with Crippen LogP contribution in [0.3, 0.4) is 0 Å². The minimum Gasteiger partial charge on any atom is -0.511 e. The van der Waals surface area contributed by atoms with E-state index < -0.39 is 9.17 Å². The van der Waals surface area contributed by atoms with Crippen molar-refractivity contribution in [2.45, 2.75) is 0 Å². The predicted octanol–water partition coefficient (Wildman–Crippen LogP) is -1.66. The third-order valence-electron chi connectivity index (χ3n) is 0. The van der Waals surface area contributed by atoms with Crippen molar-refractivity contribution in [1.29, 1.82) is 0 Å². The van der Waals surface area contributed by atoms with E-state index in [9.17, 15) is 0 Å². The third kappa shape index (κ3) is 266. The van der Waals surface area contributed by atoms with E-state index in [-0.39, 0.29) is 0 Å². The van der Waals surface area contributed by atoms with Crippen molar-refractivity contribution < 1.29 is 29.6 Å². The molecule has 0 aromatic rings. The van der Waals surface area contributed by atoms with E-state index in [2.05, 4.69) is 5.04 Å². The normalized spacial score (nSPS) is 6.00. The molecule has 0 amide bonds. The molecule has 0 bridgehead atoms. The quantitative estimate of drug-likeness (QED) is 0.176.